The summed E-state index contributed by atoms with van der Waals surface area (Å²) in [7, 11) is 0. The number of fused-ring (bicyclic) bond motifs is 2. The number of anilines is 2. The van der Waals surface area contributed by atoms with E-state index >= 15 is 0 Å². The molecule has 2 atom stereocenters. The largest absolute Gasteiger partial charge is 0.611 e. The Morgan fingerprint density at radius 3 is 2.25 bits per heavy atom. The highest BCUT2D eigenvalue weighted by Gasteiger charge is 2.42. The van der Waals surface area contributed by atoms with E-state index in [-0.39, 0.29) is 42.2 Å². The van der Waals surface area contributed by atoms with Crippen LogP contribution >= 0.6 is 0 Å². The molecule has 0 bridgehead atoms. The third kappa shape index (κ3) is 9.18. The van der Waals surface area contributed by atoms with Gasteiger partial charge < -0.3 is 34.4 Å². The van der Waals surface area contributed by atoms with E-state index in [0.29, 0.717) is 65.6 Å². The first-order valence-corrected chi connectivity index (χ1v) is 24.9. The minimum Gasteiger partial charge on any atom is -0.611 e. The SMILES string of the molecule is O=C1CCC(N2Cc3cc(C4CCN(CCN5CCN(CCOc6cnc(C7CCN(c8nc9c(c(NC%10(CO)CCC%10)n8)[S@+]([O-])CC9)CC7)nc6)CC5)CC4)ccc3C2=O)C(=O)N1. The Labute approximate surface area is 377 Å². The van der Waals surface area contributed by atoms with Crippen molar-refractivity contribution in [3.63, 3.8) is 0 Å². The molecule has 7 aliphatic rings. The lowest BCUT2D eigenvalue weighted by atomic mass is 9.77. The number of aliphatic hydroxyl groups excluding tert-OH is 1. The molecule has 3 aromatic rings. The second-order valence-corrected chi connectivity index (χ2v) is 20.4. The average molecular weight is 896 g/mol. The van der Waals surface area contributed by atoms with Crippen LogP contribution < -0.4 is 20.3 Å². The van der Waals surface area contributed by atoms with Gasteiger partial charge in [-0.1, -0.05) is 12.1 Å². The van der Waals surface area contributed by atoms with Crippen LogP contribution in [0.5, 0.6) is 5.75 Å². The number of amides is 3. The van der Waals surface area contributed by atoms with Crippen molar-refractivity contribution in [2.75, 3.05) is 101 Å². The minimum absolute atomic E-state index is 0.0377. The van der Waals surface area contributed by atoms with Crippen LogP contribution in [-0.4, -0.2) is 169 Å². The van der Waals surface area contributed by atoms with Crippen LogP contribution in [-0.2, 0) is 33.7 Å². The maximum Gasteiger partial charge on any atom is 0.255 e. The summed E-state index contributed by atoms with van der Waals surface area (Å²) in [4.78, 5) is 68.6. The molecule has 10 rings (SSSR count). The van der Waals surface area contributed by atoms with Gasteiger partial charge in [0.1, 0.15) is 29.9 Å². The highest BCUT2D eigenvalue weighted by atomic mass is 32.2. The van der Waals surface area contributed by atoms with Crippen molar-refractivity contribution in [1.82, 2.24) is 44.9 Å². The van der Waals surface area contributed by atoms with Gasteiger partial charge in [0, 0.05) is 89.8 Å². The number of nitrogens with zero attached hydrogens (tertiary/aromatic N) is 9. The Balaban J connectivity index is 0.614. The van der Waals surface area contributed by atoms with Gasteiger partial charge in [0.15, 0.2) is 11.6 Å². The molecule has 18 heteroatoms. The molecule has 1 saturated carbocycles. The van der Waals surface area contributed by atoms with Crippen molar-refractivity contribution < 1.29 is 28.8 Å². The van der Waals surface area contributed by atoms with Gasteiger partial charge >= 0.3 is 0 Å². The third-order valence-electron chi connectivity index (χ3n) is 14.9. The normalized spacial score (nSPS) is 24.7. The number of piperazine rings is 1. The molecule has 17 nitrogen and oxygen atoms in total. The van der Waals surface area contributed by atoms with E-state index in [2.05, 4.69) is 42.4 Å². The first-order valence-electron chi connectivity index (χ1n) is 23.5. The van der Waals surface area contributed by atoms with Crippen molar-refractivity contribution in [2.24, 2.45) is 0 Å². The maximum atomic E-state index is 13.1. The number of ether oxygens (including phenoxy) is 1. The summed E-state index contributed by atoms with van der Waals surface area (Å²) < 4.78 is 18.9. The highest BCUT2D eigenvalue weighted by Crippen LogP contribution is 2.40. The van der Waals surface area contributed by atoms with Crippen LogP contribution in [0.2, 0.25) is 0 Å². The van der Waals surface area contributed by atoms with Crippen LogP contribution in [0.25, 0.3) is 0 Å². The van der Waals surface area contributed by atoms with Crippen molar-refractivity contribution in [3.05, 3.63) is 58.8 Å². The highest BCUT2D eigenvalue weighted by molar-refractivity contribution is 7.91. The molecular weight excluding hydrogens is 835 g/mol. The van der Waals surface area contributed by atoms with Crippen molar-refractivity contribution in [3.8, 4) is 5.75 Å². The van der Waals surface area contributed by atoms with Crippen molar-refractivity contribution >= 4 is 40.7 Å². The fourth-order valence-electron chi connectivity index (χ4n) is 10.7. The van der Waals surface area contributed by atoms with Crippen LogP contribution in [0.3, 0.4) is 0 Å². The van der Waals surface area contributed by atoms with Crippen LogP contribution in [0, 0.1) is 0 Å². The monoisotopic (exact) mass is 895 g/mol. The average Bonchev–Trinajstić information content (AvgIpc) is 3.85. The van der Waals surface area contributed by atoms with Crippen molar-refractivity contribution in [1.29, 1.82) is 0 Å². The molecule has 1 aliphatic carbocycles. The maximum absolute atomic E-state index is 13.1. The lowest BCUT2D eigenvalue weighted by molar-refractivity contribution is -0.136. The van der Waals surface area contributed by atoms with Gasteiger partial charge in [-0.05, 0) is 98.7 Å². The number of nitrogens with one attached hydrogen (secondary N) is 2. The first-order chi connectivity index (χ1) is 31.2. The molecule has 0 radical (unpaired) electrons. The van der Waals surface area contributed by atoms with E-state index in [9.17, 15) is 24.0 Å². The summed E-state index contributed by atoms with van der Waals surface area (Å²) in [6.07, 6.45) is 11.7. The molecule has 0 spiro atoms. The number of carbonyl (C=O) groups excluding carboxylic acids is 3. The number of carbonyl (C=O) groups is 3. The Morgan fingerprint density at radius 2 is 1.56 bits per heavy atom. The smallest absolute Gasteiger partial charge is 0.255 e. The van der Waals surface area contributed by atoms with E-state index in [1.807, 2.05) is 6.07 Å². The Bertz CT molecular complexity index is 2180. The fourth-order valence-corrected chi connectivity index (χ4v) is 12.0. The Morgan fingerprint density at radius 1 is 0.859 bits per heavy atom. The zero-order valence-electron chi connectivity index (χ0n) is 36.7. The third-order valence-corrected chi connectivity index (χ3v) is 16.4. The number of aryl methyl sites for hydroxylation is 1. The van der Waals surface area contributed by atoms with Gasteiger partial charge in [-0.3, -0.25) is 29.5 Å². The summed E-state index contributed by atoms with van der Waals surface area (Å²) in [5.74, 6) is 3.36. The molecule has 8 heterocycles. The molecule has 4 saturated heterocycles. The number of benzene rings is 1. The number of hydrogen-bond acceptors (Lipinski definition) is 15. The summed E-state index contributed by atoms with van der Waals surface area (Å²) in [6, 6.07) is 5.64. The van der Waals surface area contributed by atoms with E-state index in [0.717, 1.165) is 134 Å². The number of rotatable bonds is 14. The molecule has 5 fully saturated rings. The number of imide groups is 1. The number of piperidine rings is 3. The van der Waals surface area contributed by atoms with E-state index in [4.69, 9.17) is 24.7 Å². The summed E-state index contributed by atoms with van der Waals surface area (Å²) in [5.41, 5.74) is 3.43. The Hall–Kier alpha value is -4.46. The van der Waals surface area contributed by atoms with Gasteiger partial charge in [0.2, 0.25) is 22.7 Å². The van der Waals surface area contributed by atoms with E-state index in [1.165, 1.54) is 5.56 Å². The molecular formula is C46H61N11O6S. The summed E-state index contributed by atoms with van der Waals surface area (Å²) >= 11 is -1.12. The quantitative estimate of drug-likeness (QED) is 0.158. The second kappa shape index (κ2) is 18.8. The standard InChI is InChI=1S/C46H61N11O6S/c58-30-46(11-1-12-46)52-42-40-37(10-25-64(40)62)49-45(51-42)56-15-8-32(9-16-56)41-47-27-35(28-48-41)63-24-23-55-21-19-54(20-22-55)18-17-53-13-6-31(7-14-53)33-2-3-36-34(26-33)29-57(44(36)61)38-4-5-39(59)50-43(38)60/h2-3,26-28,31-32,38,58H,1,4-25,29-30H2,(H,49,51,52)(H,50,59,60)/t38?,64-/m1/s1. The molecule has 3 amide bonds. The first kappa shape index (κ1) is 43.4. The molecule has 2 aromatic heterocycles. The molecule has 342 valence electrons. The Kier molecular flexibility index (Phi) is 12.8. The predicted molar refractivity (Wildman–Crippen MR) is 240 cm³/mol. The minimum atomic E-state index is -1.12. The number of aliphatic hydroxyl groups is 1. The van der Waals surface area contributed by atoms with Gasteiger partial charge in [-0.15, -0.1) is 0 Å². The van der Waals surface area contributed by atoms with Crippen LogP contribution in [0.4, 0.5) is 11.8 Å². The number of likely N-dealkylation sites (tertiary alicyclic amines) is 1. The zero-order valence-corrected chi connectivity index (χ0v) is 37.5. The van der Waals surface area contributed by atoms with Crippen LogP contribution in [0.1, 0.15) is 103 Å². The molecule has 64 heavy (non-hydrogen) atoms. The van der Waals surface area contributed by atoms with Crippen molar-refractivity contribution in [2.45, 2.75) is 99.1 Å². The van der Waals surface area contributed by atoms with Gasteiger partial charge in [0.05, 0.1) is 24.5 Å². The van der Waals surface area contributed by atoms with Gasteiger partial charge in [-0.2, -0.15) is 4.98 Å². The number of hydrogen-bond donors (Lipinski definition) is 3. The summed E-state index contributed by atoms with van der Waals surface area (Å²) in [5, 5.41) is 15.9. The predicted octanol–water partition coefficient (Wildman–Crippen LogP) is 2.28. The van der Waals surface area contributed by atoms with E-state index in [1.54, 1.807) is 17.3 Å². The van der Waals surface area contributed by atoms with Gasteiger partial charge in [0.25, 0.3) is 5.91 Å². The van der Waals surface area contributed by atoms with Gasteiger partial charge in [-0.25, -0.2) is 15.0 Å². The molecule has 1 aromatic carbocycles. The fraction of sp³-hybridized carbons (Fsp3) is 0.630. The number of aromatic nitrogens is 4. The molecule has 6 aliphatic heterocycles. The second-order valence-electron chi connectivity index (χ2n) is 18.9. The summed E-state index contributed by atoms with van der Waals surface area (Å²) in [6.45, 7) is 11.9. The zero-order chi connectivity index (χ0) is 43.8. The van der Waals surface area contributed by atoms with E-state index < -0.39 is 17.2 Å². The van der Waals surface area contributed by atoms with Crippen LogP contribution in [0.15, 0.2) is 35.5 Å². The molecule has 1 unspecified atom stereocenters. The molecule has 3 N–H and O–H groups in total. The lowest BCUT2D eigenvalue weighted by Crippen LogP contribution is -2.52. The topological polar surface area (TPSA) is 196 Å². The lowest BCUT2D eigenvalue weighted by Gasteiger charge is -2.41.